The summed E-state index contributed by atoms with van der Waals surface area (Å²) < 4.78 is 0. The molecule has 1 N–H and O–H groups in total. The van der Waals surface area contributed by atoms with Gasteiger partial charge in [0.15, 0.2) is 0 Å². The van der Waals surface area contributed by atoms with Gasteiger partial charge in [0.2, 0.25) is 0 Å². The molecule has 0 atom stereocenters. The maximum atomic E-state index is 10.1. The van der Waals surface area contributed by atoms with Crippen LogP contribution in [0.3, 0.4) is 0 Å². The molecule has 0 aromatic carbocycles. The summed E-state index contributed by atoms with van der Waals surface area (Å²) in [6, 6.07) is 0. The molecule has 0 saturated carbocycles. The molecule has 2 nitrogen and oxygen atoms in total. The molecule has 3 heteroatoms. The topological polar surface area (TPSA) is 37.3 Å². The first-order valence-electron chi connectivity index (χ1n) is 7.68. The van der Waals surface area contributed by atoms with Crippen molar-refractivity contribution in [3.05, 3.63) is 6.42 Å². The van der Waals surface area contributed by atoms with Crippen LogP contribution in [0.1, 0.15) is 91.4 Å². The van der Waals surface area contributed by atoms with Crippen molar-refractivity contribution in [3.8, 4) is 0 Å². The van der Waals surface area contributed by atoms with Gasteiger partial charge in [0.25, 0.3) is 0 Å². The maximum absolute atomic E-state index is 10.1. The molecule has 0 unspecified atom stereocenters. The van der Waals surface area contributed by atoms with Crippen LogP contribution < -0.4 is 68.9 Å². The number of rotatable bonds is 11. The van der Waals surface area contributed by atoms with Gasteiger partial charge in [-0.2, -0.15) is 13.3 Å². The van der Waals surface area contributed by atoms with Crippen LogP contribution in [0.5, 0.6) is 0 Å². The first-order chi connectivity index (χ1) is 8.68. The predicted molar refractivity (Wildman–Crippen MR) is 79.7 cm³/mol. The van der Waals surface area contributed by atoms with Crippen molar-refractivity contribution in [2.45, 2.75) is 91.4 Å². The molecule has 0 radical (unpaired) electrons. The van der Waals surface area contributed by atoms with E-state index in [9.17, 15) is 4.79 Å². The maximum Gasteiger partial charge on any atom is 1.00 e. The van der Waals surface area contributed by atoms with Gasteiger partial charge in [-0.25, -0.2) is 0 Å². The summed E-state index contributed by atoms with van der Waals surface area (Å²) in [6.07, 6.45) is 14.8. The zero-order valence-electron chi connectivity index (χ0n) is 13.7. The molecule has 0 heterocycles. The quantitative estimate of drug-likeness (QED) is 0.435. The summed E-state index contributed by atoms with van der Waals surface area (Å²) in [5.74, 6) is -0.663. The van der Waals surface area contributed by atoms with E-state index in [2.05, 4.69) is 27.2 Å². The van der Waals surface area contributed by atoms with E-state index in [-0.39, 0.29) is 68.9 Å². The van der Waals surface area contributed by atoms with E-state index < -0.39 is 5.97 Å². The van der Waals surface area contributed by atoms with Crippen LogP contribution >= 0.6 is 0 Å². The zero-order chi connectivity index (χ0) is 14.1. The summed E-state index contributed by atoms with van der Waals surface area (Å²) in [4.78, 5) is 10.1. The van der Waals surface area contributed by atoms with E-state index in [0.717, 1.165) is 12.8 Å². The predicted octanol–water partition coefficient (Wildman–Crippen LogP) is 2.62. The minimum Gasteiger partial charge on any atom is -0.481 e. The Bertz CT molecular complexity index is 157. The van der Waals surface area contributed by atoms with Gasteiger partial charge in [-0.05, 0) is 6.42 Å². The monoisotopic (exact) mass is 390 g/mol. The number of unbranched alkanes of at least 4 members (excludes halogenated alkanes) is 9. The Balaban J connectivity index is -0.000000313. The normalized spacial score (nSPS) is 9.21. The molecule has 0 fully saturated rings. The van der Waals surface area contributed by atoms with Crippen molar-refractivity contribution in [2.24, 2.45) is 0 Å². The summed E-state index contributed by atoms with van der Waals surface area (Å²) in [5.41, 5.74) is 0. The number of hydrogen-bond acceptors (Lipinski definition) is 1. The van der Waals surface area contributed by atoms with Crippen molar-refractivity contribution in [2.75, 3.05) is 0 Å². The molecule has 0 aliphatic rings. The molecular weight excluding hydrogens is 357 g/mol. The standard InChI is InChI=1S/C10H20O2.C6H13.Cs/c1-2-3-4-5-6-7-8-9-10(11)12;1-3-5-6-4-2;/h2-9H2,1H3,(H,11,12);3H,4-6H2,1-2H3;/q;-1;+1. The average molecular weight is 390 g/mol. The van der Waals surface area contributed by atoms with Gasteiger partial charge in [-0.15, -0.1) is 0 Å². The second kappa shape index (κ2) is 24.5. The third-order valence-corrected chi connectivity index (χ3v) is 2.84. The average Bonchev–Trinajstić information content (AvgIpc) is 2.36. The summed E-state index contributed by atoms with van der Waals surface area (Å²) >= 11 is 0. The minimum atomic E-state index is -0.663. The number of carboxylic acid groups (broad SMARTS) is 1. The van der Waals surface area contributed by atoms with Gasteiger partial charge < -0.3 is 11.5 Å². The van der Waals surface area contributed by atoms with Gasteiger partial charge in [0, 0.05) is 6.42 Å². The molecule has 0 bridgehead atoms. The van der Waals surface area contributed by atoms with Crippen LogP contribution in [0.2, 0.25) is 0 Å². The molecule has 0 aromatic heterocycles. The molecule has 19 heavy (non-hydrogen) atoms. The van der Waals surface area contributed by atoms with Crippen LogP contribution in [-0.4, -0.2) is 11.1 Å². The fourth-order valence-corrected chi connectivity index (χ4v) is 1.64. The zero-order valence-corrected chi connectivity index (χ0v) is 20.0. The molecule has 110 valence electrons. The fraction of sp³-hybridized carbons (Fsp3) is 0.875. The smallest absolute Gasteiger partial charge is 0.481 e. The molecule has 0 aliphatic heterocycles. The summed E-state index contributed by atoms with van der Waals surface area (Å²) in [7, 11) is 0. The van der Waals surface area contributed by atoms with E-state index in [1.807, 2.05) is 0 Å². The van der Waals surface area contributed by atoms with Crippen LogP contribution in [0, 0.1) is 6.42 Å². The second-order valence-electron chi connectivity index (χ2n) is 4.82. The molecule has 0 spiro atoms. The Hall–Kier alpha value is 1.52. The first kappa shape index (κ1) is 25.5. The van der Waals surface area contributed by atoms with E-state index in [0.29, 0.717) is 6.42 Å². The molecule has 0 saturated heterocycles. The number of aliphatic carboxylic acids is 1. The van der Waals surface area contributed by atoms with E-state index in [1.54, 1.807) is 0 Å². The SMILES string of the molecule is CCCCCCCCCC(=O)O.C[CH-]CCCC.[Cs+]. The third-order valence-electron chi connectivity index (χ3n) is 2.84. The molecule has 0 rings (SSSR count). The first-order valence-corrected chi connectivity index (χ1v) is 7.68. The van der Waals surface area contributed by atoms with Crippen molar-refractivity contribution < 1.29 is 78.8 Å². The van der Waals surface area contributed by atoms with Gasteiger partial charge >= 0.3 is 74.9 Å². The third kappa shape index (κ3) is 32.8. The summed E-state index contributed by atoms with van der Waals surface area (Å²) in [6.45, 7) is 6.52. The Morgan fingerprint density at radius 1 is 0.895 bits per heavy atom. The van der Waals surface area contributed by atoms with E-state index in [4.69, 9.17) is 5.11 Å². The Kier molecular flexibility index (Phi) is 32.9. The molecule has 0 amide bonds. The van der Waals surface area contributed by atoms with E-state index >= 15 is 0 Å². The van der Waals surface area contributed by atoms with Crippen molar-refractivity contribution in [1.29, 1.82) is 0 Å². The molecule has 0 aromatic rings. The largest absolute Gasteiger partial charge is 1.00 e. The van der Waals surface area contributed by atoms with Gasteiger partial charge in [-0.1, -0.05) is 65.2 Å². The number of carboxylic acids is 1. The van der Waals surface area contributed by atoms with E-state index in [1.165, 1.54) is 51.4 Å². The Morgan fingerprint density at radius 3 is 1.74 bits per heavy atom. The van der Waals surface area contributed by atoms with Gasteiger partial charge in [-0.3, -0.25) is 4.79 Å². The minimum absolute atomic E-state index is 0. The van der Waals surface area contributed by atoms with Gasteiger partial charge in [0.05, 0.1) is 0 Å². The number of hydrogen-bond donors (Lipinski definition) is 1. The van der Waals surface area contributed by atoms with Crippen LogP contribution in [0.15, 0.2) is 0 Å². The number of carbonyl (C=O) groups is 1. The fourth-order valence-electron chi connectivity index (χ4n) is 1.64. The second-order valence-corrected chi connectivity index (χ2v) is 4.82. The van der Waals surface area contributed by atoms with Crippen LogP contribution in [0.25, 0.3) is 0 Å². The Morgan fingerprint density at radius 2 is 1.37 bits per heavy atom. The van der Waals surface area contributed by atoms with Crippen LogP contribution in [0.4, 0.5) is 0 Å². The summed E-state index contributed by atoms with van der Waals surface area (Å²) in [5, 5.41) is 8.35. The molecular formula is C16H33CsO2. The van der Waals surface area contributed by atoms with Crippen molar-refractivity contribution in [1.82, 2.24) is 0 Å². The Labute approximate surface area is 179 Å². The molecule has 0 aliphatic carbocycles. The van der Waals surface area contributed by atoms with Gasteiger partial charge in [0.1, 0.15) is 0 Å². The van der Waals surface area contributed by atoms with Crippen molar-refractivity contribution in [3.63, 3.8) is 0 Å². The van der Waals surface area contributed by atoms with Crippen molar-refractivity contribution >= 4 is 5.97 Å². The van der Waals surface area contributed by atoms with Crippen LogP contribution in [-0.2, 0) is 4.79 Å².